The maximum atomic E-state index is 13.1. The van der Waals surface area contributed by atoms with Crippen molar-refractivity contribution in [1.29, 1.82) is 0 Å². The molecule has 0 atom stereocenters. The first-order valence-corrected chi connectivity index (χ1v) is 15.0. The van der Waals surface area contributed by atoms with Crippen LogP contribution in [0.1, 0.15) is 56.3 Å². The summed E-state index contributed by atoms with van der Waals surface area (Å²) in [4.78, 5) is 44.0. The number of nitrogens with one attached hydrogen (secondary N) is 2. The summed E-state index contributed by atoms with van der Waals surface area (Å²) in [5.74, 6) is 0.0865. The number of Topliss-reactive ketones (excluding diaryl/α,β-unsaturated/α-hetero) is 1. The minimum absolute atomic E-state index is 0.130. The van der Waals surface area contributed by atoms with Gasteiger partial charge < -0.3 is 25.3 Å². The number of anilines is 3. The third-order valence-electron chi connectivity index (χ3n) is 8.32. The summed E-state index contributed by atoms with van der Waals surface area (Å²) >= 11 is 0. The molecule has 0 bridgehead atoms. The first-order chi connectivity index (χ1) is 20.4. The standard InChI is InChI=1S/C34H41N5O3/c1-3-26-7-4-6-25(2)10-15-32(26)38-20-22-39(23-21-38)34(42)36-29-9-5-8-28(24-29)35-33(41)27-11-13-30(14-12-27)37-18-16-31(40)17-19-37/h4-9,11-14,24H,3,10,15-23H2,1-2H3,(H,35,41)(H,36,42)/b7-4-,25-6+,32-26+. The van der Waals surface area contributed by atoms with Crippen molar-refractivity contribution in [3.05, 3.63) is 89.2 Å². The van der Waals surface area contributed by atoms with Crippen LogP contribution in [0.25, 0.3) is 0 Å². The summed E-state index contributed by atoms with van der Waals surface area (Å²) in [5, 5.41) is 5.94. The van der Waals surface area contributed by atoms with Gasteiger partial charge >= 0.3 is 6.03 Å². The Bertz CT molecular complexity index is 1390. The molecule has 8 heteroatoms. The van der Waals surface area contributed by atoms with E-state index >= 15 is 0 Å². The molecule has 0 radical (unpaired) electrons. The van der Waals surface area contributed by atoms with Crippen LogP contribution < -0.4 is 15.5 Å². The van der Waals surface area contributed by atoms with Crippen LogP contribution in [0, 0.1) is 0 Å². The van der Waals surface area contributed by atoms with E-state index in [-0.39, 0.29) is 11.9 Å². The number of ketones is 1. The Balaban J connectivity index is 1.14. The van der Waals surface area contributed by atoms with Crippen LogP contribution in [0.15, 0.2) is 83.6 Å². The second-order valence-electron chi connectivity index (χ2n) is 11.2. The number of amides is 3. The molecule has 220 valence electrons. The molecule has 42 heavy (non-hydrogen) atoms. The molecular formula is C34H41N5O3. The zero-order valence-corrected chi connectivity index (χ0v) is 24.7. The molecule has 1 aliphatic carbocycles. The molecule has 0 unspecified atom stereocenters. The van der Waals surface area contributed by atoms with Gasteiger partial charge in [-0.25, -0.2) is 4.79 Å². The Labute approximate surface area is 248 Å². The predicted octanol–water partition coefficient (Wildman–Crippen LogP) is 6.22. The molecule has 2 saturated heterocycles. The molecule has 3 aliphatic rings. The third kappa shape index (κ3) is 7.29. The molecular weight excluding hydrogens is 526 g/mol. The van der Waals surface area contributed by atoms with Crippen LogP contribution in [0.4, 0.5) is 21.9 Å². The predicted molar refractivity (Wildman–Crippen MR) is 169 cm³/mol. The molecule has 2 fully saturated rings. The van der Waals surface area contributed by atoms with Crippen LogP contribution in [0.2, 0.25) is 0 Å². The average molecular weight is 568 g/mol. The van der Waals surface area contributed by atoms with Gasteiger partial charge in [-0.1, -0.05) is 36.8 Å². The summed E-state index contributed by atoms with van der Waals surface area (Å²) in [7, 11) is 0. The Morgan fingerprint density at radius 1 is 0.810 bits per heavy atom. The SMILES string of the molecule is CCC1=C(\N2CCN(C(=O)Nc3cccc(NC(=O)c4ccc(N5CCC(=O)CC5)cc4)c3)CC2)CC/C(C)=C/C=C\1. The van der Waals surface area contributed by atoms with Crippen LogP contribution >= 0.6 is 0 Å². The van der Waals surface area contributed by atoms with Gasteiger partial charge in [0.15, 0.2) is 0 Å². The lowest BCUT2D eigenvalue weighted by atomic mass is 9.99. The van der Waals surface area contributed by atoms with E-state index in [0.29, 0.717) is 61.7 Å². The van der Waals surface area contributed by atoms with Gasteiger partial charge in [-0.05, 0) is 74.2 Å². The highest BCUT2D eigenvalue weighted by molar-refractivity contribution is 6.05. The van der Waals surface area contributed by atoms with E-state index in [4.69, 9.17) is 0 Å². The normalized spacial score (nSPS) is 21.6. The number of rotatable bonds is 6. The minimum Gasteiger partial charge on any atom is -0.371 e. The summed E-state index contributed by atoms with van der Waals surface area (Å²) in [5.41, 5.74) is 6.99. The van der Waals surface area contributed by atoms with Crippen molar-refractivity contribution in [2.75, 3.05) is 54.8 Å². The minimum atomic E-state index is -0.217. The number of urea groups is 1. The number of piperazine rings is 1. The number of hydrogen-bond donors (Lipinski definition) is 2. The maximum Gasteiger partial charge on any atom is 0.321 e. The summed E-state index contributed by atoms with van der Waals surface area (Å²) in [6, 6.07) is 14.6. The van der Waals surface area contributed by atoms with E-state index in [9.17, 15) is 14.4 Å². The van der Waals surface area contributed by atoms with Gasteiger partial charge in [0.2, 0.25) is 0 Å². The lowest BCUT2D eigenvalue weighted by Gasteiger charge is -2.38. The van der Waals surface area contributed by atoms with Crippen molar-refractivity contribution in [2.45, 2.75) is 46.0 Å². The van der Waals surface area contributed by atoms with Crippen molar-refractivity contribution >= 4 is 34.8 Å². The third-order valence-corrected chi connectivity index (χ3v) is 8.32. The maximum absolute atomic E-state index is 13.1. The van der Waals surface area contributed by atoms with Gasteiger partial charge in [-0.3, -0.25) is 9.59 Å². The van der Waals surface area contributed by atoms with Gasteiger partial charge in [-0.15, -0.1) is 0 Å². The largest absolute Gasteiger partial charge is 0.371 e. The molecule has 2 aromatic rings. The highest BCUT2D eigenvalue weighted by atomic mass is 16.2. The number of carbonyl (C=O) groups excluding carboxylic acids is 3. The van der Waals surface area contributed by atoms with Gasteiger partial charge in [0.1, 0.15) is 5.78 Å². The number of nitrogens with zero attached hydrogens (tertiary/aromatic N) is 3. The fourth-order valence-electron chi connectivity index (χ4n) is 5.77. The van der Waals surface area contributed by atoms with E-state index in [1.54, 1.807) is 18.2 Å². The highest BCUT2D eigenvalue weighted by Crippen LogP contribution is 2.26. The van der Waals surface area contributed by atoms with Crippen molar-refractivity contribution in [3.8, 4) is 0 Å². The summed E-state index contributed by atoms with van der Waals surface area (Å²) < 4.78 is 0. The van der Waals surface area contributed by atoms with Gasteiger partial charge in [0, 0.05) is 80.4 Å². The van der Waals surface area contributed by atoms with Crippen LogP contribution in [0.3, 0.4) is 0 Å². The van der Waals surface area contributed by atoms with E-state index in [1.807, 2.05) is 35.2 Å². The van der Waals surface area contributed by atoms with Crippen LogP contribution in [0.5, 0.6) is 0 Å². The van der Waals surface area contributed by atoms with E-state index in [0.717, 1.165) is 38.0 Å². The van der Waals surface area contributed by atoms with Crippen molar-refractivity contribution in [1.82, 2.24) is 9.80 Å². The number of carbonyl (C=O) groups is 3. The van der Waals surface area contributed by atoms with Crippen molar-refractivity contribution < 1.29 is 14.4 Å². The Kier molecular flexibility index (Phi) is 9.41. The molecule has 2 aromatic carbocycles. The Hall–Kier alpha value is -4.33. The first kappa shape index (κ1) is 29.2. The lowest BCUT2D eigenvalue weighted by molar-refractivity contribution is -0.119. The zero-order valence-electron chi connectivity index (χ0n) is 24.7. The molecule has 2 N–H and O–H groups in total. The zero-order chi connectivity index (χ0) is 29.5. The van der Waals surface area contributed by atoms with Crippen LogP contribution in [-0.2, 0) is 4.79 Å². The average Bonchev–Trinajstić information content (AvgIpc) is 3.00. The van der Waals surface area contributed by atoms with Gasteiger partial charge in [-0.2, -0.15) is 0 Å². The summed E-state index contributed by atoms with van der Waals surface area (Å²) in [6.07, 6.45) is 10.8. The second kappa shape index (κ2) is 13.6. The van der Waals surface area contributed by atoms with Crippen LogP contribution in [-0.4, -0.2) is 66.8 Å². The number of hydrogen-bond acceptors (Lipinski definition) is 5. The quantitative estimate of drug-likeness (QED) is 0.433. The molecule has 3 amide bonds. The monoisotopic (exact) mass is 567 g/mol. The fourth-order valence-corrected chi connectivity index (χ4v) is 5.77. The molecule has 0 spiro atoms. The summed E-state index contributed by atoms with van der Waals surface area (Å²) in [6.45, 7) is 8.75. The molecule has 0 aromatic heterocycles. The molecule has 2 aliphatic heterocycles. The Morgan fingerprint density at radius 2 is 1.50 bits per heavy atom. The number of allylic oxidation sites excluding steroid dienone is 6. The van der Waals surface area contributed by atoms with Crippen molar-refractivity contribution in [3.63, 3.8) is 0 Å². The van der Waals surface area contributed by atoms with E-state index in [2.05, 4.69) is 52.5 Å². The van der Waals surface area contributed by atoms with E-state index in [1.165, 1.54) is 16.8 Å². The molecule has 2 heterocycles. The Morgan fingerprint density at radius 3 is 2.19 bits per heavy atom. The van der Waals surface area contributed by atoms with E-state index < -0.39 is 0 Å². The molecule has 0 saturated carbocycles. The first-order valence-electron chi connectivity index (χ1n) is 15.0. The lowest BCUT2D eigenvalue weighted by Crippen LogP contribution is -2.49. The second-order valence-corrected chi connectivity index (χ2v) is 11.2. The number of benzene rings is 2. The molecule has 5 rings (SSSR count). The topological polar surface area (TPSA) is 85.0 Å². The van der Waals surface area contributed by atoms with Gasteiger partial charge in [0.25, 0.3) is 5.91 Å². The fraction of sp³-hybridized carbons (Fsp3) is 0.382. The smallest absolute Gasteiger partial charge is 0.321 e. The van der Waals surface area contributed by atoms with Crippen molar-refractivity contribution in [2.24, 2.45) is 0 Å². The number of piperidine rings is 1. The molecule has 8 nitrogen and oxygen atoms in total. The van der Waals surface area contributed by atoms with Gasteiger partial charge in [0.05, 0.1) is 0 Å². The highest BCUT2D eigenvalue weighted by Gasteiger charge is 2.24.